The lowest BCUT2D eigenvalue weighted by Gasteiger charge is -2.02. The zero-order valence-electron chi connectivity index (χ0n) is 8.38. The van der Waals surface area contributed by atoms with Crippen LogP contribution in [0.15, 0.2) is 35.2 Å². The van der Waals surface area contributed by atoms with E-state index in [0.717, 1.165) is 21.6 Å². The second kappa shape index (κ2) is 3.42. The summed E-state index contributed by atoms with van der Waals surface area (Å²) < 4.78 is 1.76. The molecule has 0 amide bonds. The SMILES string of the molecule is O=C(O)c1cc2cccc3c2n1C=CCS3. The predicted molar refractivity (Wildman–Crippen MR) is 65.0 cm³/mol. The molecule has 0 atom stereocenters. The molecule has 3 nitrogen and oxygen atoms in total. The Morgan fingerprint density at radius 2 is 2.31 bits per heavy atom. The van der Waals surface area contributed by atoms with E-state index in [-0.39, 0.29) is 0 Å². The Labute approximate surface area is 96.4 Å². The van der Waals surface area contributed by atoms with Crippen molar-refractivity contribution >= 4 is 34.8 Å². The molecule has 0 bridgehead atoms. The van der Waals surface area contributed by atoms with Crippen LogP contribution in [-0.2, 0) is 0 Å². The van der Waals surface area contributed by atoms with Gasteiger partial charge in [0.05, 0.1) is 5.52 Å². The van der Waals surface area contributed by atoms with Crippen molar-refractivity contribution in [1.82, 2.24) is 4.57 Å². The summed E-state index contributed by atoms with van der Waals surface area (Å²) in [6, 6.07) is 7.66. The first kappa shape index (κ1) is 9.54. The standard InChI is InChI=1S/C12H9NO2S/c14-12(15)9-7-8-3-1-4-10-11(8)13(9)5-2-6-16-10/h1-5,7H,6H2,(H,14,15). The molecule has 0 saturated carbocycles. The summed E-state index contributed by atoms with van der Waals surface area (Å²) >= 11 is 1.73. The molecule has 1 aromatic carbocycles. The summed E-state index contributed by atoms with van der Waals surface area (Å²) in [4.78, 5) is 12.3. The van der Waals surface area contributed by atoms with E-state index in [1.54, 1.807) is 22.4 Å². The maximum absolute atomic E-state index is 11.1. The minimum Gasteiger partial charge on any atom is -0.477 e. The van der Waals surface area contributed by atoms with E-state index < -0.39 is 5.97 Å². The molecule has 4 heteroatoms. The largest absolute Gasteiger partial charge is 0.477 e. The van der Waals surface area contributed by atoms with Crippen LogP contribution in [0.1, 0.15) is 10.5 Å². The molecule has 1 aromatic heterocycles. The summed E-state index contributed by atoms with van der Waals surface area (Å²) in [5.41, 5.74) is 1.32. The molecule has 3 rings (SSSR count). The molecule has 1 aliphatic heterocycles. The molecular weight excluding hydrogens is 222 g/mol. The number of hydrogen-bond donors (Lipinski definition) is 1. The average molecular weight is 231 g/mol. The summed E-state index contributed by atoms with van der Waals surface area (Å²) in [5, 5.41) is 10.1. The molecule has 0 saturated heterocycles. The number of carboxylic acids is 1. The van der Waals surface area contributed by atoms with Crippen molar-refractivity contribution in [3.63, 3.8) is 0 Å². The normalized spacial score (nSPS) is 14.0. The second-order valence-electron chi connectivity index (χ2n) is 3.59. The van der Waals surface area contributed by atoms with Crippen molar-refractivity contribution in [3.05, 3.63) is 36.0 Å². The highest BCUT2D eigenvalue weighted by atomic mass is 32.2. The smallest absolute Gasteiger partial charge is 0.352 e. The second-order valence-corrected chi connectivity index (χ2v) is 4.66. The highest BCUT2D eigenvalue weighted by Crippen LogP contribution is 2.32. The lowest BCUT2D eigenvalue weighted by Crippen LogP contribution is -2.02. The maximum Gasteiger partial charge on any atom is 0.352 e. The van der Waals surface area contributed by atoms with Crippen LogP contribution >= 0.6 is 11.8 Å². The lowest BCUT2D eigenvalue weighted by atomic mass is 10.2. The summed E-state index contributed by atoms with van der Waals surface area (Å²) in [5.74, 6) is -0.0152. The van der Waals surface area contributed by atoms with Crippen LogP contribution in [-0.4, -0.2) is 21.4 Å². The predicted octanol–water partition coefficient (Wildman–Crippen LogP) is 2.92. The molecule has 80 valence electrons. The van der Waals surface area contributed by atoms with Crippen LogP contribution in [0.2, 0.25) is 0 Å². The van der Waals surface area contributed by atoms with Gasteiger partial charge in [-0.3, -0.25) is 0 Å². The van der Waals surface area contributed by atoms with Gasteiger partial charge in [0.25, 0.3) is 0 Å². The van der Waals surface area contributed by atoms with E-state index in [4.69, 9.17) is 5.11 Å². The fourth-order valence-electron chi connectivity index (χ4n) is 1.97. The van der Waals surface area contributed by atoms with Crippen molar-refractivity contribution in [1.29, 1.82) is 0 Å². The van der Waals surface area contributed by atoms with Gasteiger partial charge in [-0.15, -0.1) is 11.8 Å². The number of aromatic nitrogens is 1. The van der Waals surface area contributed by atoms with Gasteiger partial charge in [-0.2, -0.15) is 0 Å². The number of rotatable bonds is 1. The Kier molecular flexibility index (Phi) is 2.04. The topological polar surface area (TPSA) is 42.2 Å². The minimum atomic E-state index is -0.890. The Bertz CT molecular complexity index is 613. The van der Waals surface area contributed by atoms with Crippen LogP contribution in [0, 0.1) is 0 Å². The third kappa shape index (κ3) is 1.27. The zero-order valence-corrected chi connectivity index (χ0v) is 9.20. The van der Waals surface area contributed by atoms with Crippen molar-refractivity contribution in [2.24, 2.45) is 0 Å². The third-order valence-corrected chi connectivity index (χ3v) is 3.63. The molecule has 2 aromatic rings. The first-order chi connectivity index (χ1) is 7.77. The van der Waals surface area contributed by atoms with Gasteiger partial charge in [-0.1, -0.05) is 18.2 Å². The highest BCUT2D eigenvalue weighted by molar-refractivity contribution is 7.99. The van der Waals surface area contributed by atoms with E-state index in [0.29, 0.717) is 5.69 Å². The van der Waals surface area contributed by atoms with E-state index in [1.165, 1.54) is 0 Å². The number of benzene rings is 1. The molecule has 0 spiro atoms. The molecule has 0 fully saturated rings. The summed E-state index contributed by atoms with van der Waals surface area (Å²) in [7, 11) is 0. The van der Waals surface area contributed by atoms with Gasteiger partial charge in [-0.25, -0.2) is 4.79 Å². The van der Waals surface area contributed by atoms with Gasteiger partial charge >= 0.3 is 5.97 Å². The van der Waals surface area contributed by atoms with Crippen LogP contribution in [0.25, 0.3) is 17.1 Å². The van der Waals surface area contributed by atoms with E-state index in [9.17, 15) is 4.79 Å². The first-order valence-corrected chi connectivity index (χ1v) is 5.92. The molecule has 1 N–H and O–H groups in total. The Morgan fingerprint density at radius 1 is 1.44 bits per heavy atom. The highest BCUT2D eigenvalue weighted by Gasteiger charge is 2.16. The van der Waals surface area contributed by atoms with Gasteiger partial charge in [0.2, 0.25) is 0 Å². The number of hydrogen-bond acceptors (Lipinski definition) is 2. The van der Waals surface area contributed by atoms with Gasteiger partial charge < -0.3 is 9.67 Å². The number of carboxylic acid groups (broad SMARTS) is 1. The molecular formula is C12H9NO2S. The van der Waals surface area contributed by atoms with E-state index >= 15 is 0 Å². The van der Waals surface area contributed by atoms with Gasteiger partial charge in [0, 0.05) is 22.2 Å². The number of thioether (sulfide) groups is 1. The average Bonchev–Trinajstić information content (AvgIpc) is 2.50. The number of aromatic carboxylic acids is 1. The Morgan fingerprint density at radius 3 is 3.12 bits per heavy atom. The lowest BCUT2D eigenvalue weighted by molar-refractivity contribution is 0.0689. The minimum absolute atomic E-state index is 0.321. The van der Waals surface area contributed by atoms with Crippen molar-refractivity contribution in [3.8, 4) is 0 Å². The van der Waals surface area contributed by atoms with Gasteiger partial charge in [0.1, 0.15) is 5.69 Å². The van der Waals surface area contributed by atoms with Crippen LogP contribution in [0.5, 0.6) is 0 Å². The molecule has 0 unspecified atom stereocenters. The third-order valence-electron chi connectivity index (χ3n) is 2.63. The number of carbonyl (C=O) groups is 1. The molecule has 0 aliphatic carbocycles. The summed E-state index contributed by atoms with van der Waals surface area (Å²) in [6.07, 6.45) is 3.83. The molecule has 2 heterocycles. The van der Waals surface area contributed by atoms with Gasteiger partial charge in [0.15, 0.2) is 0 Å². The maximum atomic E-state index is 11.1. The fraction of sp³-hybridized carbons (Fsp3) is 0.0833. The van der Waals surface area contributed by atoms with E-state index in [2.05, 4.69) is 0 Å². The molecule has 1 aliphatic rings. The molecule has 0 radical (unpaired) electrons. The monoisotopic (exact) mass is 231 g/mol. The van der Waals surface area contributed by atoms with Crippen molar-refractivity contribution in [2.45, 2.75) is 4.90 Å². The van der Waals surface area contributed by atoms with Crippen LogP contribution in [0.4, 0.5) is 0 Å². The number of nitrogens with zero attached hydrogens (tertiary/aromatic N) is 1. The van der Waals surface area contributed by atoms with Crippen LogP contribution < -0.4 is 0 Å². The van der Waals surface area contributed by atoms with Crippen molar-refractivity contribution < 1.29 is 9.90 Å². The summed E-state index contributed by atoms with van der Waals surface area (Å²) in [6.45, 7) is 0. The van der Waals surface area contributed by atoms with Gasteiger partial charge in [-0.05, 0) is 12.1 Å². The Hall–Kier alpha value is -1.68. The quantitative estimate of drug-likeness (QED) is 0.820. The molecule has 16 heavy (non-hydrogen) atoms. The first-order valence-electron chi connectivity index (χ1n) is 4.94. The van der Waals surface area contributed by atoms with E-state index in [1.807, 2.05) is 30.5 Å². The fourth-order valence-corrected chi connectivity index (χ4v) is 2.86. The van der Waals surface area contributed by atoms with Crippen molar-refractivity contribution in [2.75, 3.05) is 5.75 Å². The zero-order chi connectivity index (χ0) is 11.1. The Balaban J connectivity index is 2.45. The number of para-hydroxylation sites is 1. The van der Waals surface area contributed by atoms with Crippen LogP contribution in [0.3, 0.4) is 0 Å².